The summed E-state index contributed by atoms with van der Waals surface area (Å²) in [6.45, 7) is 6.19. The predicted octanol–water partition coefficient (Wildman–Crippen LogP) is 2.59. The number of benzene rings is 1. The number of anilines is 1. The molecule has 3 N–H and O–H groups in total. The summed E-state index contributed by atoms with van der Waals surface area (Å²) in [4.78, 5) is 11.9. The van der Waals surface area contributed by atoms with Gasteiger partial charge in [-0.3, -0.25) is 9.89 Å². The van der Waals surface area contributed by atoms with Crippen LogP contribution in [0.4, 0.5) is 5.82 Å². The molecule has 20 heavy (non-hydrogen) atoms. The molecular formula is C15H19N3O2. The number of H-pyrrole nitrogens is 1. The number of hydrogen-bond acceptors (Lipinski definition) is 3. The number of aromatic nitrogens is 2. The number of aromatic amines is 1. The summed E-state index contributed by atoms with van der Waals surface area (Å²) in [6, 6.07) is 8.62. The smallest absolute Gasteiger partial charge is 0.230 e. The number of carbonyl (C=O) groups is 1. The Morgan fingerprint density at radius 2 is 2.05 bits per heavy atom. The van der Waals surface area contributed by atoms with Crippen LogP contribution >= 0.6 is 0 Å². The SMILES string of the molecule is CC(C)(C)c1cc(NC(=O)Cc2ccccc2O)n[nH]1. The zero-order valence-corrected chi connectivity index (χ0v) is 11.9. The highest BCUT2D eigenvalue weighted by Gasteiger charge is 2.17. The van der Waals surface area contributed by atoms with E-state index in [1.54, 1.807) is 24.3 Å². The van der Waals surface area contributed by atoms with Crippen LogP contribution in [0.1, 0.15) is 32.0 Å². The van der Waals surface area contributed by atoms with Crippen molar-refractivity contribution < 1.29 is 9.90 Å². The van der Waals surface area contributed by atoms with Gasteiger partial charge in [-0.2, -0.15) is 5.10 Å². The molecule has 0 saturated carbocycles. The van der Waals surface area contributed by atoms with Gasteiger partial charge in [0.25, 0.3) is 0 Å². The molecule has 1 aromatic carbocycles. The van der Waals surface area contributed by atoms with Crippen LogP contribution < -0.4 is 5.32 Å². The Morgan fingerprint density at radius 3 is 2.65 bits per heavy atom. The molecular weight excluding hydrogens is 254 g/mol. The lowest BCUT2D eigenvalue weighted by Gasteiger charge is -2.14. The van der Waals surface area contributed by atoms with E-state index >= 15 is 0 Å². The zero-order valence-electron chi connectivity index (χ0n) is 11.9. The minimum Gasteiger partial charge on any atom is -0.508 e. The van der Waals surface area contributed by atoms with Gasteiger partial charge in [0.15, 0.2) is 5.82 Å². The van der Waals surface area contributed by atoms with Crippen molar-refractivity contribution in [2.24, 2.45) is 0 Å². The van der Waals surface area contributed by atoms with E-state index in [4.69, 9.17) is 0 Å². The Bertz CT molecular complexity index is 612. The number of phenols is 1. The highest BCUT2D eigenvalue weighted by molar-refractivity contribution is 5.91. The maximum Gasteiger partial charge on any atom is 0.230 e. The molecule has 5 heteroatoms. The molecule has 0 unspecified atom stereocenters. The third-order valence-corrected chi connectivity index (χ3v) is 3.00. The molecule has 5 nitrogen and oxygen atoms in total. The quantitative estimate of drug-likeness (QED) is 0.804. The van der Waals surface area contributed by atoms with E-state index in [2.05, 4.69) is 36.3 Å². The first kappa shape index (κ1) is 14.1. The minimum absolute atomic E-state index is 0.0479. The molecule has 1 heterocycles. The summed E-state index contributed by atoms with van der Waals surface area (Å²) in [7, 11) is 0. The van der Waals surface area contributed by atoms with E-state index < -0.39 is 0 Å². The van der Waals surface area contributed by atoms with Gasteiger partial charge >= 0.3 is 0 Å². The van der Waals surface area contributed by atoms with Crippen molar-refractivity contribution >= 4 is 11.7 Å². The molecule has 0 bridgehead atoms. The summed E-state index contributed by atoms with van der Waals surface area (Å²) >= 11 is 0. The zero-order chi connectivity index (χ0) is 14.8. The largest absolute Gasteiger partial charge is 0.508 e. The lowest BCUT2D eigenvalue weighted by atomic mass is 9.92. The number of rotatable bonds is 3. The van der Waals surface area contributed by atoms with Crippen molar-refractivity contribution in [1.82, 2.24) is 10.2 Å². The maximum absolute atomic E-state index is 11.9. The van der Waals surface area contributed by atoms with E-state index in [1.165, 1.54) is 0 Å². The van der Waals surface area contributed by atoms with Gasteiger partial charge in [-0.05, 0) is 6.07 Å². The topological polar surface area (TPSA) is 78.0 Å². The Kier molecular flexibility index (Phi) is 3.79. The summed E-state index contributed by atoms with van der Waals surface area (Å²) in [5.41, 5.74) is 1.50. The van der Waals surface area contributed by atoms with Gasteiger partial charge in [0.2, 0.25) is 5.91 Å². The molecule has 2 aromatic rings. The maximum atomic E-state index is 11.9. The van der Waals surface area contributed by atoms with Crippen LogP contribution in [-0.2, 0) is 16.6 Å². The second-order valence-corrected chi connectivity index (χ2v) is 5.77. The van der Waals surface area contributed by atoms with Crippen LogP contribution in [0, 0.1) is 0 Å². The molecule has 0 aliphatic heterocycles. The monoisotopic (exact) mass is 273 g/mol. The summed E-state index contributed by atoms with van der Waals surface area (Å²) < 4.78 is 0. The molecule has 0 saturated heterocycles. The fourth-order valence-corrected chi connectivity index (χ4v) is 1.79. The lowest BCUT2D eigenvalue weighted by molar-refractivity contribution is -0.115. The van der Waals surface area contributed by atoms with Gasteiger partial charge in [-0.1, -0.05) is 39.0 Å². The van der Waals surface area contributed by atoms with E-state index in [0.29, 0.717) is 11.4 Å². The van der Waals surface area contributed by atoms with Crippen molar-refractivity contribution in [3.63, 3.8) is 0 Å². The number of nitrogens with one attached hydrogen (secondary N) is 2. The average Bonchev–Trinajstić information content (AvgIpc) is 2.80. The highest BCUT2D eigenvalue weighted by Crippen LogP contribution is 2.22. The fourth-order valence-electron chi connectivity index (χ4n) is 1.79. The molecule has 0 radical (unpaired) electrons. The Labute approximate surface area is 118 Å². The summed E-state index contributed by atoms with van der Waals surface area (Å²) in [6.07, 6.45) is 0.115. The van der Waals surface area contributed by atoms with Crippen LogP contribution in [0.2, 0.25) is 0 Å². The highest BCUT2D eigenvalue weighted by atomic mass is 16.3. The number of amides is 1. The lowest BCUT2D eigenvalue weighted by Crippen LogP contribution is -2.14. The standard InChI is InChI=1S/C15H19N3O2/c1-15(2,3)12-9-13(18-17-12)16-14(20)8-10-6-4-5-7-11(10)19/h4-7,9,19H,8H2,1-3H3,(H2,16,17,18,20). The Hall–Kier alpha value is -2.30. The molecule has 0 aliphatic rings. The number of hydrogen-bond donors (Lipinski definition) is 3. The van der Waals surface area contributed by atoms with Crippen LogP contribution in [0.5, 0.6) is 5.75 Å². The van der Waals surface area contributed by atoms with Gasteiger partial charge < -0.3 is 10.4 Å². The molecule has 1 amide bonds. The normalized spacial score (nSPS) is 11.3. The van der Waals surface area contributed by atoms with Crippen molar-refractivity contribution in [2.75, 3.05) is 5.32 Å². The molecule has 0 aliphatic carbocycles. The summed E-state index contributed by atoms with van der Waals surface area (Å²) in [5, 5.41) is 19.3. The number of aromatic hydroxyl groups is 1. The molecule has 0 spiro atoms. The second kappa shape index (κ2) is 5.36. The molecule has 0 fully saturated rings. The van der Waals surface area contributed by atoms with Crippen molar-refractivity contribution in [1.29, 1.82) is 0 Å². The molecule has 2 rings (SSSR count). The van der Waals surface area contributed by atoms with Crippen molar-refractivity contribution in [2.45, 2.75) is 32.6 Å². The number of nitrogens with zero attached hydrogens (tertiary/aromatic N) is 1. The van der Waals surface area contributed by atoms with Crippen LogP contribution in [-0.4, -0.2) is 21.2 Å². The van der Waals surface area contributed by atoms with Crippen LogP contribution in [0.15, 0.2) is 30.3 Å². The van der Waals surface area contributed by atoms with Crippen molar-refractivity contribution in [3.8, 4) is 5.75 Å². The van der Waals surface area contributed by atoms with Gasteiger partial charge in [0.1, 0.15) is 5.75 Å². The fraction of sp³-hybridized carbons (Fsp3) is 0.333. The van der Waals surface area contributed by atoms with E-state index in [9.17, 15) is 9.90 Å². The minimum atomic E-state index is -0.210. The first-order valence-electron chi connectivity index (χ1n) is 6.49. The number of para-hydroxylation sites is 1. The molecule has 1 aromatic heterocycles. The summed E-state index contributed by atoms with van der Waals surface area (Å²) in [5.74, 6) is 0.411. The van der Waals surface area contributed by atoms with Gasteiger partial charge in [-0.25, -0.2) is 0 Å². The van der Waals surface area contributed by atoms with E-state index in [1.807, 2.05) is 6.07 Å². The van der Waals surface area contributed by atoms with Crippen LogP contribution in [0.3, 0.4) is 0 Å². The Balaban J connectivity index is 2.02. The number of phenolic OH excluding ortho intramolecular Hbond substituents is 1. The van der Waals surface area contributed by atoms with Gasteiger partial charge in [-0.15, -0.1) is 0 Å². The third kappa shape index (κ3) is 3.38. The number of carbonyl (C=O) groups excluding carboxylic acids is 1. The third-order valence-electron chi connectivity index (χ3n) is 3.00. The molecule has 106 valence electrons. The molecule has 0 atom stereocenters. The van der Waals surface area contributed by atoms with Gasteiger partial charge in [0.05, 0.1) is 6.42 Å². The second-order valence-electron chi connectivity index (χ2n) is 5.77. The van der Waals surface area contributed by atoms with E-state index in [-0.39, 0.29) is 23.5 Å². The Morgan fingerprint density at radius 1 is 1.35 bits per heavy atom. The van der Waals surface area contributed by atoms with E-state index in [0.717, 1.165) is 5.69 Å². The van der Waals surface area contributed by atoms with Gasteiger partial charge in [0, 0.05) is 22.7 Å². The van der Waals surface area contributed by atoms with Crippen LogP contribution in [0.25, 0.3) is 0 Å². The predicted molar refractivity (Wildman–Crippen MR) is 77.7 cm³/mol. The average molecular weight is 273 g/mol. The first-order valence-corrected chi connectivity index (χ1v) is 6.49. The first-order chi connectivity index (χ1) is 9.36. The van der Waals surface area contributed by atoms with Crippen molar-refractivity contribution in [3.05, 3.63) is 41.6 Å².